The van der Waals surface area contributed by atoms with Crippen LogP contribution in [0, 0.1) is 0 Å². The summed E-state index contributed by atoms with van der Waals surface area (Å²) in [5, 5.41) is 6.63. The molecule has 1 aliphatic rings. The molecule has 0 bridgehead atoms. The first kappa shape index (κ1) is 19.6. The fourth-order valence-corrected chi connectivity index (χ4v) is 4.25. The number of fused-ring (bicyclic) bond motifs is 2. The van der Waals surface area contributed by atoms with E-state index in [1.165, 1.54) is 10.8 Å². The Morgan fingerprint density at radius 3 is 2.58 bits per heavy atom. The summed E-state index contributed by atoms with van der Waals surface area (Å²) in [5.41, 5.74) is 0.844. The molecule has 0 aliphatic carbocycles. The molecule has 1 aliphatic heterocycles. The Hall–Kier alpha value is -3.38. The summed E-state index contributed by atoms with van der Waals surface area (Å²) in [6.45, 7) is 5.73. The molecule has 0 amide bonds. The normalized spacial score (nSPS) is 14.9. The van der Waals surface area contributed by atoms with E-state index in [9.17, 15) is 4.79 Å². The van der Waals surface area contributed by atoms with E-state index < -0.39 is 0 Å². The number of piperazine rings is 1. The Kier molecular flexibility index (Phi) is 5.54. The Bertz CT molecular complexity index is 1240. The predicted octanol–water partition coefficient (Wildman–Crippen LogP) is 3.97. The van der Waals surface area contributed by atoms with Crippen LogP contribution in [0.3, 0.4) is 0 Å². The highest BCUT2D eigenvalue weighted by Crippen LogP contribution is 2.25. The van der Waals surface area contributed by atoms with Crippen LogP contribution in [0.2, 0.25) is 0 Å². The van der Waals surface area contributed by atoms with Crippen molar-refractivity contribution in [3.63, 3.8) is 0 Å². The molecular formula is C25H26N4O2. The third-order valence-corrected chi connectivity index (χ3v) is 5.93. The van der Waals surface area contributed by atoms with Gasteiger partial charge in [0, 0.05) is 49.7 Å². The van der Waals surface area contributed by atoms with Gasteiger partial charge in [0.2, 0.25) is 0 Å². The molecule has 2 aromatic carbocycles. The second-order valence-corrected chi connectivity index (χ2v) is 7.95. The van der Waals surface area contributed by atoms with Crippen molar-refractivity contribution in [3.8, 4) is 0 Å². The number of aromatic nitrogens is 1. The largest absolute Gasteiger partial charge is 0.421 e. The quantitative estimate of drug-likeness (QED) is 0.381. The summed E-state index contributed by atoms with van der Waals surface area (Å²) in [6.07, 6.45) is 2.87. The van der Waals surface area contributed by atoms with Gasteiger partial charge < -0.3 is 14.6 Å². The Labute approximate surface area is 181 Å². The first-order valence-electron chi connectivity index (χ1n) is 10.9. The minimum Gasteiger partial charge on any atom is -0.421 e. The first-order chi connectivity index (χ1) is 15.3. The molecule has 0 saturated carbocycles. The smallest absolute Gasteiger partial charge is 0.359 e. The van der Waals surface area contributed by atoms with Crippen LogP contribution >= 0.6 is 0 Å². The minimum atomic E-state index is -0.310. The number of para-hydroxylation sites is 1. The van der Waals surface area contributed by atoms with E-state index in [0.717, 1.165) is 56.9 Å². The Morgan fingerprint density at radius 2 is 1.71 bits per heavy atom. The van der Waals surface area contributed by atoms with Crippen molar-refractivity contribution in [3.05, 3.63) is 77.3 Å². The summed E-state index contributed by atoms with van der Waals surface area (Å²) in [4.78, 5) is 21.7. The fourth-order valence-electron chi connectivity index (χ4n) is 4.25. The lowest BCUT2D eigenvalue weighted by Crippen LogP contribution is -2.47. The first-order valence-corrected chi connectivity index (χ1v) is 10.9. The van der Waals surface area contributed by atoms with Crippen LogP contribution in [-0.4, -0.2) is 49.2 Å². The van der Waals surface area contributed by atoms with Gasteiger partial charge in [-0.25, -0.2) is 9.78 Å². The van der Waals surface area contributed by atoms with Gasteiger partial charge in [-0.1, -0.05) is 42.5 Å². The van der Waals surface area contributed by atoms with Crippen molar-refractivity contribution in [2.45, 2.75) is 6.42 Å². The van der Waals surface area contributed by atoms with Crippen molar-refractivity contribution >= 4 is 33.2 Å². The van der Waals surface area contributed by atoms with Crippen LogP contribution in [0.15, 0.2) is 76.1 Å². The van der Waals surface area contributed by atoms with Crippen molar-refractivity contribution in [1.82, 2.24) is 9.88 Å². The lowest BCUT2D eigenvalue weighted by molar-refractivity contribution is 0.257. The summed E-state index contributed by atoms with van der Waals surface area (Å²) < 4.78 is 5.38. The predicted molar refractivity (Wildman–Crippen MR) is 126 cm³/mol. The molecule has 6 nitrogen and oxygen atoms in total. The van der Waals surface area contributed by atoms with Gasteiger partial charge >= 0.3 is 5.63 Å². The Balaban J connectivity index is 1.12. The number of hydrogen-bond donors (Lipinski definition) is 1. The van der Waals surface area contributed by atoms with Gasteiger partial charge in [0.15, 0.2) is 0 Å². The number of hydrogen-bond acceptors (Lipinski definition) is 6. The van der Waals surface area contributed by atoms with Crippen LogP contribution in [-0.2, 0) is 0 Å². The number of rotatable bonds is 6. The lowest BCUT2D eigenvalue weighted by atomic mass is 10.1. The third-order valence-electron chi connectivity index (χ3n) is 5.93. The molecule has 1 fully saturated rings. The summed E-state index contributed by atoms with van der Waals surface area (Å²) >= 11 is 0. The van der Waals surface area contributed by atoms with Gasteiger partial charge in [0.25, 0.3) is 0 Å². The van der Waals surface area contributed by atoms with Crippen LogP contribution in [0.4, 0.5) is 11.5 Å². The van der Waals surface area contributed by atoms with Crippen molar-refractivity contribution < 1.29 is 4.42 Å². The molecule has 0 spiro atoms. The van der Waals surface area contributed by atoms with Gasteiger partial charge in [-0.3, -0.25) is 4.90 Å². The fraction of sp³-hybridized carbons (Fsp3) is 0.280. The molecular weight excluding hydrogens is 388 g/mol. The monoisotopic (exact) mass is 414 g/mol. The lowest BCUT2D eigenvalue weighted by Gasteiger charge is -2.35. The summed E-state index contributed by atoms with van der Waals surface area (Å²) in [6, 6.07) is 20.0. The molecule has 6 heteroatoms. The van der Waals surface area contributed by atoms with Crippen LogP contribution < -0.4 is 15.8 Å². The van der Waals surface area contributed by atoms with Gasteiger partial charge in [0.05, 0.1) is 0 Å². The highest BCUT2D eigenvalue weighted by atomic mass is 16.4. The topological polar surface area (TPSA) is 61.6 Å². The van der Waals surface area contributed by atoms with E-state index in [0.29, 0.717) is 11.3 Å². The van der Waals surface area contributed by atoms with Crippen molar-refractivity contribution in [1.29, 1.82) is 0 Å². The Morgan fingerprint density at radius 1 is 0.935 bits per heavy atom. The molecule has 2 aromatic heterocycles. The van der Waals surface area contributed by atoms with E-state index in [-0.39, 0.29) is 5.63 Å². The standard InChI is InChI=1S/C25H26N4O2/c30-25-22(18-20-7-2-4-9-23(20)31-25)26-11-5-13-28-14-16-29(17-15-28)24-21-8-3-1-6-19(21)10-12-27-24/h1-4,6-10,12,18,26H,5,11,13-17H2. The maximum atomic E-state index is 12.1. The molecule has 4 aromatic rings. The molecule has 3 heterocycles. The maximum Gasteiger partial charge on any atom is 0.359 e. The zero-order valence-electron chi connectivity index (χ0n) is 17.5. The molecule has 0 unspecified atom stereocenters. The van der Waals surface area contributed by atoms with Gasteiger partial charge in [-0.05, 0) is 36.6 Å². The van der Waals surface area contributed by atoms with Crippen LogP contribution in [0.25, 0.3) is 21.7 Å². The van der Waals surface area contributed by atoms with E-state index in [1.807, 2.05) is 36.5 Å². The average molecular weight is 415 g/mol. The molecule has 158 valence electrons. The van der Waals surface area contributed by atoms with E-state index in [1.54, 1.807) is 0 Å². The molecule has 0 radical (unpaired) electrons. The number of nitrogens with zero attached hydrogens (tertiary/aromatic N) is 3. The zero-order chi connectivity index (χ0) is 21.0. The summed E-state index contributed by atoms with van der Waals surface area (Å²) in [7, 11) is 0. The van der Waals surface area contributed by atoms with Crippen LogP contribution in [0.1, 0.15) is 6.42 Å². The van der Waals surface area contributed by atoms with E-state index >= 15 is 0 Å². The highest BCUT2D eigenvalue weighted by molar-refractivity contribution is 5.92. The van der Waals surface area contributed by atoms with E-state index in [2.05, 4.69) is 50.4 Å². The van der Waals surface area contributed by atoms with E-state index in [4.69, 9.17) is 4.42 Å². The SMILES string of the molecule is O=c1oc2ccccc2cc1NCCCN1CCN(c2nccc3ccccc23)CC1. The zero-order valence-corrected chi connectivity index (χ0v) is 17.5. The van der Waals surface area contributed by atoms with Crippen molar-refractivity contribution in [2.24, 2.45) is 0 Å². The second-order valence-electron chi connectivity index (χ2n) is 7.95. The molecule has 0 atom stereocenters. The van der Waals surface area contributed by atoms with Crippen molar-refractivity contribution in [2.75, 3.05) is 49.5 Å². The van der Waals surface area contributed by atoms with Gasteiger partial charge in [0.1, 0.15) is 17.1 Å². The molecule has 1 saturated heterocycles. The third kappa shape index (κ3) is 4.25. The maximum absolute atomic E-state index is 12.1. The van der Waals surface area contributed by atoms with Crippen LogP contribution in [0.5, 0.6) is 0 Å². The average Bonchev–Trinajstić information content (AvgIpc) is 2.82. The number of nitrogens with one attached hydrogen (secondary N) is 1. The molecule has 31 heavy (non-hydrogen) atoms. The van der Waals surface area contributed by atoms with Gasteiger partial charge in [-0.15, -0.1) is 0 Å². The second kappa shape index (κ2) is 8.78. The number of anilines is 2. The highest BCUT2D eigenvalue weighted by Gasteiger charge is 2.19. The molecule has 1 N–H and O–H groups in total. The molecule has 5 rings (SSSR count). The number of pyridine rings is 1. The number of benzene rings is 2. The summed E-state index contributed by atoms with van der Waals surface area (Å²) in [5.74, 6) is 1.09. The van der Waals surface area contributed by atoms with Gasteiger partial charge in [-0.2, -0.15) is 0 Å². The minimum absolute atomic E-state index is 0.310.